The molecule has 119 valence electrons. The smallest absolute Gasteiger partial charge is 0.240 e. The average molecular weight is 530 g/mol. The number of carbonyl (C=O) groups excluding carboxylic acids is 2. The molecule has 7 heteroatoms. The van der Waals surface area contributed by atoms with Crippen molar-refractivity contribution in [3.8, 4) is 0 Å². The summed E-state index contributed by atoms with van der Waals surface area (Å²) in [5.41, 5.74) is 1.62. The maximum Gasteiger partial charge on any atom is 0.240 e. The molecule has 3 aliphatic rings. The molecule has 2 bridgehead atoms. The number of methoxy groups -OCH3 is 1. The molecule has 2 amide bonds. The Balaban J connectivity index is 0.00000156. The van der Waals surface area contributed by atoms with Gasteiger partial charge in [0, 0.05) is 51.2 Å². The summed E-state index contributed by atoms with van der Waals surface area (Å²) in [4.78, 5) is 26.6. The molecule has 6 unspecified atom stereocenters. The Kier molecular flexibility index (Phi) is 4.72. The minimum atomic E-state index is -0.869. The Morgan fingerprint density at radius 1 is 1.09 bits per heavy atom. The van der Waals surface area contributed by atoms with E-state index in [1.165, 1.54) is 12.0 Å². The number of aliphatic hydroxyl groups is 1. The van der Waals surface area contributed by atoms with Crippen molar-refractivity contribution in [2.45, 2.75) is 31.3 Å². The third-order valence-corrected chi connectivity index (χ3v) is 4.98. The van der Waals surface area contributed by atoms with Crippen LogP contribution in [0.1, 0.15) is 5.56 Å². The first-order valence-corrected chi connectivity index (χ1v) is 7.35. The molecule has 0 aromatic heterocycles. The van der Waals surface area contributed by atoms with Crippen LogP contribution in [0.2, 0.25) is 0 Å². The van der Waals surface area contributed by atoms with Crippen LogP contribution in [-0.2, 0) is 19.1 Å². The van der Waals surface area contributed by atoms with E-state index < -0.39 is 36.3 Å². The Bertz CT molecular complexity index is 648. The molecule has 3 heterocycles. The number of aliphatic hydroxyl groups excluding tert-OH is 1. The number of amides is 2. The molecule has 1 aromatic carbocycles. The standard InChI is InChI=1S/C16H17NO5.Ac/c1-7-3-5-8(6-4-7)17-15(19)9-10(16(17)20)13-14(21-2)11(18)12(9)22-13;/h3-6,9-14,18H,1-2H3;. The van der Waals surface area contributed by atoms with Gasteiger partial charge in [-0.15, -0.1) is 0 Å². The fourth-order valence-corrected chi connectivity index (χ4v) is 3.93. The third-order valence-electron chi connectivity index (χ3n) is 4.98. The minimum Gasteiger partial charge on any atom is -0.388 e. The van der Waals surface area contributed by atoms with Crippen LogP contribution in [0, 0.1) is 62.8 Å². The van der Waals surface area contributed by atoms with Crippen LogP contribution in [0.25, 0.3) is 0 Å². The van der Waals surface area contributed by atoms with Crippen molar-refractivity contribution in [2.24, 2.45) is 11.8 Å². The number of hydrogen-bond donors (Lipinski definition) is 1. The van der Waals surface area contributed by atoms with Gasteiger partial charge in [-0.2, -0.15) is 0 Å². The summed E-state index contributed by atoms with van der Waals surface area (Å²) >= 11 is 0. The quantitative estimate of drug-likeness (QED) is 0.556. The average Bonchev–Trinajstić information content (AvgIpc) is 3.11. The summed E-state index contributed by atoms with van der Waals surface area (Å²) in [6.45, 7) is 1.94. The number of rotatable bonds is 2. The Morgan fingerprint density at radius 3 is 2.22 bits per heavy atom. The van der Waals surface area contributed by atoms with Gasteiger partial charge in [0.1, 0.15) is 12.2 Å². The van der Waals surface area contributed by atoms with Gasteiger partial charge >= 0.3 is 0 Å². The van der Waals surface area contributed by atoms with Crippen LogP contribution < -0.4 is 4.90 Å². The van der Waals surface area contributed by atoms with Crippen molar-refractivity contribution in [3.05, 3.63) is 29.8 Å². The second-order valence-electron chi connectivity index (χ2n) is 6.16. The molecule has 4 rings (SSSR count). The maximum atomic E-state index is 12.7. The predicted octanol–water partition coefficient (Wildman–Crippen LogP) is 0.258. The van der Waals surface area contributed by atoms with Crippen LogP contribution in [0.3, 0.4) is 0 Å². The number of hydrogen-bond acceptors (Lipinski definition) is 5. The largest absolute Gasteiger partial charge is 0.388 e. The normalized spacial score (nSPS) is 38.0. The van der Waals surface area contributed by atoms with E-state index in [0.717, 1.165) is 5.56 Å². The third kappa shape index (κ3) is 2.36. The van der Waals surface area contributed by atoms with Crippen LogP contribution >= 0.6 is 0 Å². The molecular weight excluding hydrogens is 513 g/mol. The van der Waals surface area contributed by atoms with Gasteiger partial charge in [-0.05, 0) is 19.1 Å². The van der Waals surface area contributed by atoms with E-state index in [9.17, 15) is 14.7 Å². The summed E-state index contributed by atoms with van der Waals surface area (Å²) < 4.78 is 10.9. The van der Waals surface area contributed by atoms with E-state index in [1.807, 2.05) is 19.1 Å². The molecule has 3 aliphatic heterocycles. The first kappa shape index (κ1) is 17.5. The number of fused-ring (bicyclic) bond motifs is 5. The molecule has 1 N–H and O–H groups in total. The van der Waals surface area contributed by atoms with Crippen LogP contribution in [0.5, 0.6) is 0 Å². The number of carbonyl (C=O) groups is 2. The molecule has 23 heavy (non-hydrogen) atoms. The van der Waals surface area contributed by atoms with Gasteiger partial charge < -0.3 is 14.6 Å². The van der Waals surface area contributed by atoms with Crippen LogP contribution in [0.4, 0.5) is 5.69 Å². The topological polar surface area (TPSA) is 76.1 Å². The Morgan fingerprint density at radius 2 is 1.65 bits per heavy atom. The van der Waals surface area contributed by atoms with Gasteiger partial charge in [-0.25, -0.2) is 4.90 Å². The second-order valence-corrected chi connectivity index (χ2v) is 6.16. The molecule has 1 aromatic rings. The van der Waals surface area contributed by atoms with E-state index >= 15 is 0 Å². The van der Waals surface area contributed by atoms with Gasteiger partial charge in [-0.3, -0.25) is 9.59 Å². The van der Waals surface area contributed by atoms with Crippen LogP contribution in [0.15, 0.2) is 24.3 Å². The molecule has 1 radical (unpaired) electrons. The monoisotopic (exact) mass is 530 g/mol. The Labute approximate surface area is 169 Å². The minimum absolute atomic E-state index is 0. The Hall–Kier alpha value is -0.318. The van der Waals surface area contributed by atoms with Crippen molar-refractivity contribution in [1.29, 1.82) is 0 Å². The number of nitrogens with zero attached hydrogens (tertiary/aromatic N) is 1. The van der Waals surface area contributed by atoms with Gasteiger partial charge in [-0.1, -0.05) is 17.7 Å². The van der Waals surface area contributed by atoms with Gasteiger partial charge in [0.25, 0.3) is 0 Å². The molecular formula is C16H17AcNO5. The van der Waals surface area contributed by atoms with E-state index in [4.69, 9.17) is 9.47 Å². The van der Waals surface area contributed by atoms with E-state index in [1.54, 1.807) is 12.1 Å². The van der Waals surface area contributed by atoms with E-state index in [-0.39, 0.29) is 55.9 Å². The predicted molar refractivity (Wildman–Crippen MR) is 76.1 cm³/mol. The SMILES string of the molecule is COC1C(O)C2OC1C1C(=O)N(c3ccc(C)cc3)C(=O)C21.[Ac]. The van der Waals surface area contributed by atoms with Crippen LogP contribution in [-0.4, -0.2) is 48.4 Å². The van der Waals surface area contributed by atoms with Gasteiger partial charge in [0.2, 0.25) is 11.8 Å². The maximum absolute atomic E-state index is 12.7. The summed E-state index contributed by atoms with van der Waals surface area (Å²) in [7, 11) is 1.48. The first-order chi connectivity index (χ1) is 10.5. The summed E-state index contributed by atoms with van der Waals surface area (Å²) in [5, 5.41) is 10.2. The van der Waals surface area contributed by atoms with Crippen molar-refractivity contribution in [2.75, 3.05) is 12.0 Å². The van der Waals surface area contributed by atoms with Crippen molar-refractivity contribution in [1.82, 2.24) is 0 Å². The van der Waals surface area contributed by atoms with Gasteiger partial charge in [0.05, 0.1) is 29.7 Å². The van der Waals surface area contributed by atoms with Crippen molar-refractivity contribution in [3.63, 3.8) is 0 Å². The summed E-state index contributed by atoms with van der Waals surface area (Å²) in [5.74, 6) is -1.73. The molecule has 0 aliphatic carbocycles. The number of imide groups is 1. The summed E-state index contributed by atoms with van der Waals surface area (Å²) in [6, 6.07) is 7.25. The molecule has 0 saturated carbocycles. The zero-order valence-corrected chi connectivity index (χ0v) is 17.6. The summed E-state index contributed by atoms with van der Waals surface area (Å²) in [6.07, 6.45) is -2.64. The zero-order chi connectivity index (χ0) is 15.6. The number of anilines is 1. The second kappa shape index (κ2) is 6.20. The van der Waals surface area contributed by atoms with Crippen molar-refractivity contribution >= 4 is 17.5 Å². The zero-order valence-electron chi connectivity index (χ0n) is 12.9. The molecule has 0 spiro atoms. The van der Waals surface area contributed by atoms with E-state index in [2.05, 4.69) is 0 Å². The first-order valence-electron chi connectivity index (χ1n) is 7.35. The molecule has 6 atom stereocenters. The number of aryl methyl sites for hydroxylation is 1. The molecule has 3 saturated heterocycles. The fraction of sp³-hybridized carbons (Fsp3) is 0.500. The van der Waals surface area contributed by atoms with Crippen molar-refractivity contribution < 1.29 is 68.2 Å². The number of benzene rings is 1. The number of ether oxygens (including phenoxy) is 2. The molecule has 6 nitrogen and oxygen atoms in total. The van der Waals surface area contributed by atoms with Gasteiger partial charge in [0.15, 0.2) is 0 Å². The fourth-order valence-electron chi connectivity index (χ4n) is 3.93. The molecule has 3 fully saturated rings. The van der Waals surface area contributed by atoms with E-state index in [0.29, 0.717) is 5.69 Å².